The Morgan fingerprint density at radius 2 is 2.03 bits per heavy atom. The smallest absolute Gasteiger partial charge is 0.384 e. The molecule has 1 aromatic carbocycles. The second-order valence-corrected chi connectivity index (χ2v) is 9.27. The van der Waals surface area contributed by atoms with Crippen LogP contribution in [0.2, 0.25) is 0 Å². The molecule has 30 heavy (non-hydrogen) atoms. The van der Waals surface area contributed by atoms with Crippen LogP contribution in [0.15, 0.2) is 18.2 Å². The van der Waals surface area contributed by atoms with Gasteiger partial charge in [-0.25, -0.2) is 0 Å². The maximum atomic E-state index is 13.4. The van der Waals surface area contributed by atoms with Crippen LogP contribution in [0.4, 0.5) is 18.9 Å². The number of carbonyl (C=O) groups excluding carboxylic acids is 1. The van der Waals surface area contributed by atoms with Gasteiger partial charge in [0.05, 0.1) is 23.8 Å². The van der Waals surface area contributed by atoms with Crippen molar-refractivity contribution in [1.82, 2.24) is 4.90 Å². The highest BCUT2D eigenvalue weighted by molar-refractivity contribution is 5.85. The highest BCUT2D eigenvalue weighted by Crippen LogP contribution is 2.50. The third-order valence-corrected chi connectivity index (χ3v) is 7.16. The Balaban J connectivity index is 1.59. The van der Waals surface area contributed by atoms with Gasteiger partial charge in [-0.2, -0.15) is 18.4 Å². The second kappa shape index (κ2) is 7.16. The normalized spacial score (nSPS) is 27.5. The Bertz CT molecular complexity index is 891. The minimum absolute atomic E-state index is 0.127. The van der Waals surface area contributed by atoms with E-state index in [1.165, 1.54) is 6.07 Å². The number of piperidine rings is 1. The molecule has 1 amide bonds. The Morgan fingerprint density at radius 1 is 1.30 bits per heavy atom. The fourth-order valence-electron chi connectivity index (χ4n) is 5.03. The Hall–Kier alpha value is -2.27. The predicted molar refractivity (Wildman–Crippen MR) is 105 cm³/mol. The van der Waals surface area contributed by atoms with E-state index < -0.39 is 11.7 Å². The van der Waals surface area contributed by atoms with E-state index in [0.29, 0.717) is 38.5 Å². The van der Waals surface area contributed by atoms with Gasteiger partial charge >= 0.3 is 6.18 Å². The molecule has 0 aromatic heterocycles. The molecule has 162 valence electrons. The van der Waals surface area contributed by atoms with Crippen molar-refractivity contribution in [3.63, 3.8) is 0 Å². The number of hydrogen-bond donors (Lipinski definition) is 0. The average Bonchev–Trinajstić information content (AvgIpc) is 3.34. The van der Waals surface area contributed by atoms with Crippen LogP contribution in [0.1, 0.15) is 37.3 Å². The minimum Gasteiger partial charge on any atom is -0.384 e. The van der Waals surface area contributed by atoms with E-state index in [1.807, 2.05) is 16.7 Å². The van der Waals surface area contributed by atoms with Gasteiger partial charge in [-0.1, -0.05) is 6.92 Å². The van der Waals surface area contributed by atoms with Crippen LogP contribution < -0.4 is 4.90 Å². The van der Waals surface area contributed by atoms with Gasteiger partial charge in [-0.3, -0.25) is 4.79 Å². The largest absolute Gasteiger partial charge is 0.417 e. The number of likely N-dealkylation sites (tertiary alicyclic amines) is 1. The van der Waals surface area contributed by atoms with Gasteiger partial charge in [0, 0.05) is 55.7 Å². The van der Waals surface area contributed by atoms with Gasteiger partial charge in [0.1, 0.15) is 0 Å². The molecule has 0 spiro atoms. The van der Waals surface area contributed by atoms with Crippen LogP contribution in [0, 0.1) is 28.1 Å². The fraction of sp³-hybridized carbons (Fsp3) is 0.636. The summed E-state index contributed by atoms with van der Waals surface area (Å²) in [5.74, 6) is 0.326. The molecule has 0 bridgehead atoms. The van der Waals surface area contributed by atoms with Crippen molar-refractivity contribution < 1.29 is 22.7 Å². The third-order valence-electron chi connectivity index (χ3n) is 7.16. The van der Waals surface area contributed by atoms with Crippen molar-refractivity contribution in [3.8, 4) is 6.07 Å². The van der Waals surface area contributed by atoms with Gasteiger partial charge in [0.15, 0.2) is 0 Å². The van der Waals surface area contributed by atoms with Gasteiger partial charge in [0.2, 0.25) is 5.91 Å². The number of anilines is 1. The Labute approximate surface area is 174 Å². The number of methoxy groups -OCH3 is 1. The zero-order valence-corrected chi connectivity index (χ0v) is 17.3. The van der Waals surface area contributed by atoms with Crippen LogP contribution in [-0.4, -0.2) is 50.7 Å². The molecule has 2 unspecified atom stereocenters. The van der Waals surface area contributed by atoms with Crippen molar-refractivity contribution in [3.05, 3.63) is 29.3 Å². The van der Waals surface area contributed by atoms with Crippen LogP contribution >= 0.6 is 0 Å². The lowest BCUT2D eigenvalue weighted by Crippen LogP contribution is -2.52. The standard InChI is InChI=1S/C22H26F3N3O2/c1-20(5-6-20)19(29)27-8-7-21(14-30-2)13-28(12-16(21)11-27)17-4-3-15(10-26)18(9-17)22(23,24)25/h3-4,9,16H,5-8,11-14H2,1-2H3. The molecule has 1 aliphatic carbocycles. The zero-order valence-electron chi connectivity index (χ0n) is 17.3. The number of carbonyl (C=O) groups is 1. The lowest BCUT2D eigenvalue weighted by Gasteiger charge is -2.43. The minimum atomic E-state index is -4.58. The number of hydrogen-bond acceptors (Lipinski definition) is 4. The molecule has 2 aliphatic heterocycles. The molecule has 2 heterocycles. The van der Waals surface area contributed by atoms with E-state index in [9.17, 15) is 18.0 Å². The van der Waals surface area contributed by atoms with Gasteiger partial charge in [-0.05, 0) is 37.5 Å². The maximum absolute atomic E-state index is 13.4. The summed E-state index contributed by atoms with van der Waals surface area (Å²) < 4.78 is 45.8. The summed E-state index contributed by atoms with van der Waals surface area (Å²) in [5.41, 5.74) is -1.24. The molecule has 0 radical (unpaired) electrons. The van der Waals surface area contributed by atoms with Crippen LogP contribution in [0.3, 0.4) is 0 Å². The molecule has 2 saturated heterocycles. The lowest BCUT2D eigenvalue weighted by atomic mass is 9.73. The number of fused-ring (bicyclic) bond motifs is 1. The molecule has 1 aromatic rings. The monoisotopic (exact) mass is 421 g/mol. The molecule has 8 heteroatoms. The summed E-state index contributed by atoms with van der Waals surface area (Å²) in [7, 11) is 1.64. The number of nitriles is 1. The quantitative estimate of drug-likeness (QED) is 0.744. The number of benzene rings is 1. The molecule has 4 rings (SSSR count). The van der Waals surface area contributed by atoms with Crippen LogP contribution in [-0.2, 0) is 15.7 Å². The first kappa shape index (κ1) is 21.0. The summed E-state index contributed by atoms with van der Waals surface area (Å²) in [6.07, 6.45) is -1.96. The Morgan fingerprint density at radius 3 is 2.63 bits per heavy atom. The Kier molecular flexibility index (Phi) is 5.00. The maximum Gasteiger partial charge on any atom is 0.417 e. The fourth-order valence-corrected chi connectivity index (χ4v) is 5.03. The van der Waals surface area contributed by atoms with E-state index in [0.717, 1.165) is 25.3 Å². The second-order valence-electron chi connectivity index (χ2n) is 9.27. The average molecular weight is 421 g/mol. The van der Waals surface area contributed by atoms with Crippen LogP contribution in [0.5, 0.6) is 0 Å². The topological polar surface area (TPSA) is 56.6 Å². The summed E-state index contributed by atoms with van der Waals surface area (Å²) in [5, 5.41) is 9.05. The summed E-state index contributed by atoms with van der Waals surface area (Å²) in [4.78, 5) is 16.7. The van der Waals surface area contributed by atoms with Gasteiger partial charge in [-0.15, -0.1) is 0 Å². The van der Waals surface area contributed by atoms with Gasteiger partial charge in [0.25, 0.3) is 0 Å². The molecule has 3 aliphatic rings. The van der Waals surface area contributed by atoms with E-state index in [-0.39, 0.29) is 28.2 Å². The molecule has 3 fully saturated rings. The van der Waals surface area contributed by atoms with Crippen molar-refractivity contribution >= 4 is 11.6 Å². The number of halogens is 3. The molecule has 1 saturated carbocycles. The lowest BCUT2D eigenvalue weighted by molar-refractivity contribution is -0.141. The number of amides is 1. The third kappa shape index (κ3) is 3.53. The predicted octanol–water partition coefficient (Wildman–Crippen LogP) is 3.68. The van der Waals surface area contributed by atoms with E-state index in [1.54, 1.807) is 19.2 Å². The van der Waals surface area contributed by atoms with E-state index in [4.69, 9.17) is 10.00 Å². The number of alkyl halides is 3. The summed E-state index contributed by atoms with van der Waals surface area (Å²) in [6, 6.07) is 5.53. The van der Waals surface area contributed by atoms with Crippen molar-refractivity contribution in [2.45, 2.75) is 32.4 Å². The van der Waals surface area contributed by atoms with Crippen molar-refractivity contribution in [2.75, 3.05) is 44.8 Å². The SMILES string of the molecule is COCC12CCN(C(=O)C3(C)CC3)CC1CN(c1ccc(C#N)c(C(F)(F)F)c1)C2. The van der Waals surface area contributed by atoms with Crippen LogP contribution in [0.25, 0.3) is 0 Å². The molecule has 2 atom stereocenters. The molecule has 5 nitrogen and oxygen atoms in total. The summed E-state index contributed by atoms with van der Waals surface area (Å²) >= 11 is 0. The van der Waals surface area contributed by atoms with Crippen molar-refractivity contribution in [1.29, 1.82) is 5.26 Å². The highest BCUT2D eigenvalue weighted by atomic mass is 19.4. The first-order valence-electron chi connectivity index (χ1n) is 10.3. The number of nitrogens with zero attached hydrogens (tertiary/aromatic N) is 3. The first-order valence-corrected chi connectivity index (χ1v) is 10.3. The van der Waals surface area contributed by atoms with Crippen molar-refractivity contribution in [2.24, 2.45) is 16.7 Å². The zero-order chi connectivity index (χ0) is 21.7. The molecule has 0 N–H and O–H groups in total. The number of ether oxygens (including phenoxy) is 1. The highest BCUT2D eigenvalue weighted by Gasteiger charge is 2.54. The molecular weight excluding hydrogens is 395 g/mol. The number of rotatable bonds is 4. The van der Waals surface area contributed by atoms with E-state index >= 15 is 0 Å². The van der Waals surface area contributed by atoms with Gasteiger partial charge < -0.3 is 14.5 Å². The summed E-state index contributed by atoms with van der Waals surface area (Å²) in [6.45, 7) is 4.92. The van der Waals surface area contributed by atoms with E-state index in [2.05, 4.69) is 0 Å². The molecular formula is C22H26F3N3O2. The first-order chi connectivity index (χ1) is 14.1.